The lowest BCUT2D eigenvalue weighted by Crippen LogP contribution is -2.38. The number of aromatic nitrogens is 2. The summed E-state index contributed by atoms with van der Waals surface area (Å²) in [5.41, 5.74) is 6.84. The van der Waals surface area contributed by atoms with Crippen molar-refractivity contribution in [2.45, 2.75) is 38.4 Å². The zero-order valence-electron chi connectivity index (χ0n) is 9.56. The summed E-state index contributed by atoms with van der Waals surface area (Å²) < 4.78 is 2.25. The van der Waals surface area contributed by atoms with Crippen LogP contribution in [0.1, 0.15) is 31.5 Å². The predicted octanol–water partition coefficient (Wildman–Crippen LogP) is 0.997. The molecular weight excluding hydrogens is 188 g/mol. The van der Waals surface area contributed by atoms with Gasteiger partial charge in [-0.1, -0.05) is 0 Å². The third-order valence-electron chi connectivity index (χ3n) is 3.53. The van der Waals surface area contributed by atoms with Crippen molar-refractivity contribution in [1.29, 1.82) is 0 Å². The largest absolute Gasteiger partial charge is 0.330 e. The second-order valence-electron chi connectivity index (χ2n) is 4.50. The van der Waals surface area contributed by atoms with Crippen LogP contribution in [0.25, 0.3) is 0 Å². The number of rotatable bonds is 2. The molecule has 1 fully saturated rings. The van der Waals surface area contributed by atoms with Crippen molar-refractivity contribution in [3.63, 3.8) is 0 Å². The van der Waals surface area contributed by atoms with E-state index < -0.39 is 0 Å². The number of hydrogen-bond donors (Lipinski definition) is 1. The van der Waals surface area contributed by atoms with Gasteiger partial charge in [0.15, 0.2) is 0 Å². The molecule has 0 radical (unpaired) electrons. The first-order valence-electron chi connectivity index (χ1n) is 5.63. The van der Waals surface area contributed by atoms with Crippen LogP contribution in [-0.4, -0.2) is 34.1 Å². The average Bonchev–Trinajstić information content (AvgIpc) is 2.70. The summed E-state index contributed by atoms with van der Waals surface area (Å²) in [7, 11) is 2.19. The van der Waals surface area contributed by atoms with Gasteiger partial charge in [-0.25, -0.2) is 4.98 Å². The highest BCUT2D eigenvalue weighted by atomic mass is 15.2. The SMILES string of the molecule is CC1CC(n2cncc2CN)CCN1C. The molecule has 2 unspecified atom stereocenters. The normalized spacial score (nSPS) is 28.2. The molecule has 2 heterocycles. The molecule has 4 heteroatoms. The van der Waals surface area contributed by atoms with Crippen LogP contribution in [0, 0.1) is 0 Å². The van der Waals surface area contributed by atoms with Crippen molar-refractivity contribution in [2.24, 2.45) is 5.73 Å². The molecule has 1 aliphatic heterocycles. The number of nitrogens with zero attached hydrogens (tertiary/aromatic N) is 3. The number of nitrogens with two attached hydrogens (primary N) is 1. The zero-order chi connectivity index (χ0) is 10.8. The van der Waals surface area contributed by atoms with Crippen LogP contribution in [-0.2, 0) is 6.54 Å². The molecule has 0 amide bonds. The number of imidazole rings is 1. The Hall–Kier alpha value is -0.870. The molecule has 4 nitrogen and oxygen atoms in total. The van der Waals surface area contributed by atoms with Gasteiger partial charge in [-0.05, 0) is 26.8 Å². The molecule has 0 aliphatic carbocycles. The Labute approximate surface area is 91.1 Å². The van der Waals surface area contributed by atoms with Crippen molar-refractivity contribution < 1.29 is 0 Å². The number of piperidine rings is 1. The van der Waals surface area contributed by atoms with E-state index in [0.29, 0.717) is 18.6 Å². The highest BCUT2D eigenvalue weighted by molar-refractivity contribution is 5.00. The maximum atomic E-state index is 5.69. The average molecular weight is 208 g/mol. The zero-order valence-corrected chi connectivity index (χ0v) is 9.56. The van der Waals surface area contributed by atoms with E-state index in [0.717, 1.165) is 12.2 Å². The fraction of sp³-hybridized carbons (Fsp3) is 0.727. The number of hydrogen-bond acceptors (Lipinski definition) is 3. The van der Waals surface area contributed by atoms with Crippen LogP contribution >= 0.6 is 0 Å². The summed E-state index contributed by atoms with van der Waals surface area (Å²) >= 11 is 0. The fourth-order valence-electron chi connectivity index (χ4n) is 2.34. The maximum absolute atomic E-state index is 5.69. The molecule has 0 saturated carbocycles. The lowest BCUT2D eigenvalue weighted by molar-refractivity contribution is 0.155. The third kappa shape index (κ3) is 2.06. The molecule has 15 heavy (non-hydrogen) atoms. The van der Waals surface area contributed by atoms with Gasteiger partial charge in [0.2, 0.25) is 0 Å². The molecule has 84 valence electrons. The van der Waals surface area contributed by atoms with E-state index in [-0.39, 0.29) is 0 Å². The summed E-state index contributed by atoms with van der Waals surface area (Å²) in [5.74, 6) is 0. The Bertz CT molecular complexity index is 320. The molecule has 2 N–H and O–H groups in total. The summed E-state index contributed by atoms with van der Waals surface area (Å²) in [4.78, 5) is 6.59. The fourth-order valence-corrected chi connectivity index (χ4v) is 2.34. The van der Waals surface area contributed by atoms with Gasteiger partial charge >= 0.3 is 0 Å². The first-order chi connectivity index (χ1) is 7.22. The van der Waals surface area contributed by atoms with Crippen LogP contribution in [0.2, 0.25) is 0 Å². The number of likely N-dealkylation sites (tertiary alicyclic amines) is 1. The molecule has 1 aliphatic rings. The van der Waals surface area contributed by atoms with E-state index in [4.69, 9.17) is 5.73 Å². The van der Waals surface area contributed by atoms with Gasteiger partial charge in [-0.2, -0.15) is 0 Å². The second kappa shape index (κ2) is 4.33. The minimum atomic E-state index is 0.581. The van der Waals surface area contributed by atoms with Gasteiger partial charge in [0.25, 0.3) is 0 Å². The van der Waals surface area contributed by atoms with Crippen LogP contribution < -0.4 is 5.73 Å². The standard InChI is InChI=1S/C11H20N4/c1-9-5-10(3-4-14(9)2)15-8-13-7-11(15)6-12/h7-10H,3-6,12H2,1-2H3. The van der Waals surface area contributed by atoms with E-state index in [1.54, 1.807) is 0 Å². The topological polar surface area (TPSA) is 47.1 Å². The van der Waals surface area contributed by atoms with Crippen molar-refractivity contribution in [3.8, 4) is 0 Å². The van der Waals surface area contributed by atoms with E-state index in [1.807, 2.05) is 12.5 Å². The second-order valence-corrected chi connectivity index (χ2v) is 4.50. The van der Waals surface area contributed by atoms with Crippen LogP contribution in [0.5, 0.6) is 0 Å². The molecule has 1 saturated heterocycles. The van der Waals surface area contributed by atoms with Crippen LogP contribution in [0.4, 0.5) is 0 Å². The molecule has 0 bridgehead atoms. The maximum Gasteiger partial charge on any atom is 0.0951 e. The monoisotopic (exact) mass is 208 g/mol. The molecule has 0 spiro atoms. The van der Waals surface area contributed by atoms with E-state index >= 15 is 0 Å². The Morgan fingerprint density at radius 3 is 3.07 bits per heavy atom. The van der Waals surface area contributed by atoms with Gasteiger partial charge in [0.1, 0.15) is 0 Å². The Morgan fingerprint density at radius 2 is 2.40 bits per heavy atom. The summed E-state index contributed by atoms with van der Waals surface area (Å²) in [6, 6.07) is 1.23. The Morgan fingerprint density at radius 1 is 1.60 bits per heavy atom. The minimum absolute atomic E-state index is 0.581. The summed E-state index contributed by atoms with van der Waals surface area (Å²) in [6.45, 7) is 4.03. The first-order valence-corrected chi connectivity index (χ1v) is 5.63. The first kappa shape index (κ1) is 10.6. The summed E-state index contributed by atoms with van der Waals surface area (Å²) in [5, 5.41) is 0. The lowest BCUT2D eigenvalue weighted by atomic mass is 9.98. The Balaban J connectivity index is 2.11. The van der Waals surface area contributed by atoms with Crippen LogP contribution in [0.15, 0.2) is 12.5 Å². The lowest BCUT2D eigenvalue weighted by Gasteiger charge is -2.36. The highest BCUT2D eigenvalue weighted by Gasteiger charge is 2.24. The Kier molecular flexibility index (Phi) is 3.07. The van der Waals surface area contributed by atoms with Crippen molar-refractivity contribution >= 4 is 0 Å². The minimum Gasteiger partial charge on any atom is -0.330 e. The van der Waals surface area contributed by atoms with Crippen molar-refractivity contribution in [1.82, 2.24) is 14.5 Å². The van der Waals surface area contributed by atoms with Gasteiger partial charge in [0.05, 0.1) is 12.0 Å². The summed E-state index contributed by atoms with van der Waals surface area (Å²) in [6.07, 6.45) is 6.19. The van der Waals surface area contributed by atoms with Crippen LogP contribution in [0.3, 0.4) is 0 Å². The highest BCUT2D eigenvalue weighted by Crippen LogP contribution is 2.26. The van der Waals surface area contributed by atoms with Gasteiger partial charge in [-0.15, -0.1) is 0 Å². The predicted molar refractivity (Wildman–Crippen MR) is 60.5 cm³/mol. The van der Waals surface area contributed by atoms with E-state index in [1.165, 1.54) is 12.8 Å². The molecule has 1 aromatic rings. The smallest absolute Gasteiger partial charge is 0.0951 e. The molecule has 1 aromatic heterocycles. The molecular formula is C11H20N4. The molecule has 0 aromatic carbocycles. The van der Waals surface area contributed by atoms with Crippen molar-refractivity contribution in [3.05, 3.63) is 18.2 Å². The third-order valence-corrected chi connectivity index (χ3v) is 3.53. The van der Waals surface area contributed by atoms with Gasteiger partial charge in [0, 0.05) is 31.4 Å². The molecule has 2 rings (SSSR count). The quantitative estimate of drug-likeness (QED) is 0.788. The van der Waals surface area contributed by atoms with E-state index in [2.05, 4.69) is 28.4 Å². The van der Waals surface area contributed by atoms with E-state index in [9.17, 15) is 0 Å². The van der Waals surface area contributed by atoms with Crippen molar-refractivity contribution in [2.75, 3.05) is 13.6 Å². The van der Waals surface area contributed by atoms with Gasteiger partial charge < -0.3 is 15.2 Å². The van der Waals surface area contributed by atoms with Gasteiger partial charge in [-0.3, -0.25) is 0 Å². The molecule has 2 atom stereocenters.